The minimum atomic E-state index is -0.352. The van der Waals surface area contributed by atoms with Crippen molar-refractivity contribution < 1.29 is 4.79 Å². The Bertz CT molecular complexity index is 450. The molecule has 15 heavy (non-hydrogen) atoms. The number of aromatic amines is 1. The average Bonchev–Trinajstić information content (AvgIpc) is 2.84. The summed E-state index contributed by atoms with van der Waals surface area (Å²) in [5.41, 5.74) is 0. The van der Waals surface area contributed by atoms with E-state index in [-0.39, 0.29) is 11.7 Å². The van der Waals surface area contributed by atoms with E-state index in [9.17, 15) is 4.79 Å². The fraction of sp³-hybridized carbons (Fsp3) is 0.286. The molecule has 0 aliphatic carbocycles. The molecule has 78 valence electrons. The molecule has 2 heterocycles. The van der Waals surface area contributed by atoms with Crippen LogP contribution >= 0.6 is 11.3 Å². The highest BCUT2D eigenvalue weighted by atomic mass is 32.1. The fourth-order valence-electron chi connectivity index (χ4n) is 0.991. The third-order valence-corrected chi connectivity index (χ3v) is 2.55. The molecule has 2 rings (SSSR count). The summed E-state index contributed by atoms with van der Waals surface area (Å²) in [7, 11) is 0. The second-order valence-corrected chi connectivity index (χ2v) is 4.08. The van der Waals surface area contributed by atoms with Crippen molar-refractivity contribution in [1.82, 2.24) is 30.9 Å². The van der Waals surface area contributed by atoms with E-state index in [0.717, 1.165) is 9.88 Å². The number of amides is 1. The summed E-state index contributed by atoms with van der Waals surface area (Å²) >= 11 is 1.54. The van der Waals surface area contributed by atoms with Crippen LogP contribution in [0.25, 0.3) is 0 Å². The molecule has 2 aromatic heterocycles. The van der Waals surface area contributed by atoms with E-state index in [2.05, 4.69) is 30.9 Å². The molecular formula is C7H8N6OS. The molecule has 8 heteroatoms. The zero-order valence-corrected chi connectivity index (χ0v) is 8.71. The highest BCUT2D eigenvalue weighted by molar-refractivity contribution is 7.11. The van der Waals surface area contributed by atoms with Crippen molar-refractivity contribution in [2.45, 2.75) is 13.5 Å². The molecule has 0 atom stereocenters. The molecule has 0 saturated carbocycles. The number of tetrazole rings is 1. The second-order valence-electron chi connectivity index (χ2n) is 2.76. The van der Waals surface area contributed by atoms with Crippen LogP contribution in [0.2, 0.25) is 0 Å². The molecule has 1 amide bonds. The first-order chi connectivity index (χ1) is 7.25. The third kappa shape index (κ3) is 2.34. The number of hydrogen-bond acceptors (Lipinski definition) is 6. The molecule has 0 aliphatic rings. The Kier molecular flexibility index (Phi) is 2.68. The zero-order valence-electron chi connectivity index (χ0n) is 7.89. The molecule has 0 aliphatic heterocycles. The van der Waals surface area contributed by atoms with Crippen LogP contribution in [0, 0.1) is 6.92 Å². The Balaban J connectivity index is 1.91. The van der Waals surface area contributed by atoms with Gasteiger partial charge in [-0.25, -0.2) is 4.98 Å². The number of carbonyl (C=O) groups excluding carboxylic acids is 1. The molecule has 2 aromatic rings. The SMILES string of the molecule is Cc1ncc(CNC(=O)c2nn[nH]n2)s1. The fourth-order valence-corrected chi connectivity index (χ4v) is 1.73. The van der Waals surface area contributed by atoms with Gasteiger partial charge in [-0.2, -0.15) is 5.21 Å². The number of H-pyrrole nitrogens is 1. The molecule has 0 fully saturated rings. The van der Waals surface area contributed by atoms with Crippen molar-refractivity contribution in [3.63, 3.8) is 0 Å². The summed E-state index contributed by atoms with van der Waals surface area (Å²) < 4.78 is 0. The van der Waals surface area contributed by atoms with Crippen molar-refractivity contribution >= 4 is 17.2 Å². The van der Waals surface area contributed by atoms with E-state index in [0.29, 0.717) is 6.54 Å². The highest BCUT2D eigenvalue weighted by Crippen LogP contribution is 2.10. The standard InChI is InChI=1S/C7H8N6OS/c1-4-8-2-5(15-4)3-9-7(14)6-10-12-13-11-6/h2H,3H2,1H3,(H,9,14)(H,10,11,12,13). The second kappa shape index (κ2) is 4.13. The van der Waals surface area contributed by atoms with Gasteiger partial charge in [0.05, 0.1) is 11.6 Å². The summed E-state index contributed by atoms with van der Waals surface area (Å²) in [6.07, 6.45) is 1.73. The van der Waals surface area contributed by atoms with Gasteiger partial charge in [0, 0.05) is 11.1 Å². The van der Waals surface area contributed by atoms with E-state index in [1.807, 2.05) is 6.92 Å². The lowest BCUT2D eigenvalue weighted by Gasteiger charge is -1.97. The van der Waals surface area contributed by atoms with Gasteiger partial charge in [-0.05, 0) is 12.1 Å². The van der Waals surface area contributed by atoms with E-state index in [1.54, 1.807) is 6.20 Å². The van der Waals surface area contributed by atoms with Gasteiger partial charge in [0.15, 0.2) is 0 Å². The lowest BCUT2D eigenvalue weighted by atomic mass is 10.5. The number of aryl methyl sites for hydroxylation is 1. The van der Waals surface area contributed by atoms with E-state index in [1.165, 1.54) is 11.3 Å². The van der Waals surface area contributed by atoms with Crippen LogP contribution in [0.5, 0.6) is 0 Å². The first-order valence-electron chi connectivity index (χ1n) is 4.18. The minimum absolute atomic E-state index is 0.0382. The van der Waals surface area contributed by atoms with Gasteiger partial charge in [0.1, 0.15) is 0 Å². The lowest BCUT2D eigenvalue weighted by Crippen LogP contribution is -2.23. The molecule has 7 nitrogen and oxygen atoms in total. The molecule has 0 aromatic carbocycles. The van der Waals surface area contributed by atoms with Crippen molar-refractivity contribution in [3.05, 3.63) is 21.9 Å². The van der Waals surface area contributed by atoms with E-state index >= 15 is 0 Å². The Hall–Kier alpha value is -1.83. The Labute approximate surface area is 88.9 Å². The molecule has 0 bridgehead atoms. The van der Waals surface area contributed by atoms with Crippen LogP contribution in [-0.4, -0.2) is 31.5 Å². The minimum Gasteiger partial charge on any atom is -0.344 e. The molecule has 0 spiro atoms. The van der Waals surface area contributed by atoms with Crippen LogP contribution in [0.1, 0.15) is 20.5 Å². The maximum Gasteiger partial charge on any atom is 0.293 e. The van der Waals surface area contributed by atoms with Gasteiger partial charge >= 0.3 is 0 Å². The number of nitrogens with zero attached hydrogens (tertiary/aromatic N) is 4. The molecule has 0 saturated heterocycles. The van der Waals surface area contributed by atoms with Crippen molar-refractivity contribution in [2.24, 2.45) is 0 Å². The van der Waals surface area contributed by atoms with Gasteiger partial charge in [-0.15, -0.1) is 21.5 Å². The predicted molar refractivity (Wildman–Crippen MR) is 52.2 cm³/mol. The van der Waals surface area contributed by atoms with Gasteiger partial charge in [-0.1, -0.05) is 0 Å². The lowest BCUT2D eigenvalue weighted by molar-refractivity contribution is 0.0941. The number of thiazole rings is 1. The Morgan fingerprint density at radius 3 is 3.13 bits per heavy atom. The normalized spacial score (nSPS) is 10.2. The van der Waals surface area contributed by atoms with Gasteiger partial charge in [0.2, 0.25) is 0 Å². The number of rotatable bonds is 3. The first-order valence-corrected chi connectivity index (χ1v) is 5.00. The van der Waals surface area contributed by atoms with Crippen LogP contribution in [0.15, 0.2) is 6.20 Å². The van der Waals surface area contributed by atoms with Crippen LogP contribution < -0.4 is 5.32 Å². The monoisotopic (exact) mass is 224 g/mol. The zero-order chi connectivity index (χ0) is 10.7. The summed E-state index contributed by atoms with van der Waals surface area (Å²) in [5, 5.41) is 16.3. The van der Waals surface area contributed by atoms with Crippen molar-refractivity contribution in [1.29, 1.82) is 0 Å². The maximum absolute atomic E-state index is 11.4. The van der Waals surface area contributed by atoms with Gasteiger partial charge < -0.3 is 5.32 Å². The maximum atomic E-state index is 11.4. The third-order valence-electron chi connectivity index (χ3n) is 1.64. The van der Waals surface area contributed by atoms with E-state index < -0.39 is 0 Å². The quantitative estimate of drug-likeness (QED) is 0.758. The number of nitrogens with one attached hydrogen (secondary N) is 2. The number of carbonyl (C=O) groups is 1. The predicted octanol–water partition coefficient (Wildman–Crippen LogP) is -0.105. The van der Waals surface area contributed by atoms with Gasteiger partial charge in [-0.3, -0.25) is 4.79 Å². The largest absolute Gasteiger partial charge is 0.344 e. The highest BCUT2D eigenvalue weighted by Gasteiger charge is 2.10. The van der Waals surface area contributed by atoms with Crippen molar-refractivity contribution in [3.8, 4) is 0 Å². The van der Waals surface area contributed by atoms with Crippen LogP contribution in [0.3, 0.4) is 0 Å². The molecule has 2 N–H and O–H groups in total. The smallest absolute Gasteiger partial charge is 0.293 e. The molecular weight excluding hydrogens is 216 g/mol. The Morgan fingerprint density at radius 2 is 2.53 bits per heavy atom. The van der Waals surface area contributed by atoms with E-state index in [4.69, 9.17) is 0 Å². The number of hydrogen-bond donors (Lipinski definition) is 2. The van der Waals surface area contributed by atoms with Gasteiger partial charge in [0.25, 0.3) is 11.7 Å². The average molecular weight is 224 g/mol. The number of aromatic nitrogens is 5. The summed E-state index contributed by atoms with van der Waals surface area (Å²) in [6, 6.07) is 0. The summed E-state index contributed by atoms with van der Waals surface area (Å²) in [5.74, 6) is -0.314. The Morgan fingerprint density at radius 1 is 1.67 bits per heavy atom. The van der Waals surface area contributed by atoms with Crippen LogP contribution in [-0.2, 0) is 6.54 Å². The summed E-state index contributed by atoms with van der Waals surface area (Å²) in [4.78, 5) is 16.4. The molecule has 0 unspecified atom stereocenters. The van der Waals surface area contributed by atoms with Crippen LogP contribution in [0.4, 0.5) is 0 Å². The summed E-state index contributed by atoms with van der Waals surface area (Å²) in [6.45, 7) is 2.34. The topological polar surface area (TPSA) is 96.5 Å². The van der Waals surface area contributed by atoms with Crippen molar-refractivity contribution in [2.75, 3.05) is 0 Å². The first kappa shape index (κ1) is 9.71. The molecule has 0 radical (unpaired) electrons.